The van der Waals surface area contributed by atoms with E-state index in [1.54, 1.807) is 0 Å². The molecule has 1 N–H and O–H groups in total. The van der Waals surface area contributed by atoms with Gasteiger partial charge in [-0.3, -0.25) is 4.79 Å². The van der Waals surface area contributed by atoms with Crippen LogP contribution in [0.15, 0.2) is 11.1 Å². The fraction of sp³-hybridized carbons (Fsp3) is 0.545. The molecule has 0 saturated heterocycles. The monoisotopic (exact) mass is 212 g/mol. The molecule has 4 nitrogen and oxygen atoms in total. The minimum Gasteiger partial charge on any atom is -0.478 e. The lowest BCUT2D eigenvalue weighted by atomic mass is 10.0. The van der Waals surface area contributed by atoms with Crippen molar-refractivity contribution in [2.75, 3.05) is 0 Å². The molecule has 0 aromatic rings. The minimum atomic E-state index is -1.06. The number of allylic oxidation sites excluding steroid dienone is 1. The molecular formula is C11H16O4. The van der Waals surface area contributed by atoms with E-state index in [0.717, 1.165) is 6.29 Å². The Kier molecular flexibility index (Phi) is 6.25. The van der Waals surface area contributed by atoms with Crippen LogP contribution in [0.4, 0.5) is 0 Å². The zero-order valence-electron chi connectivity index (χ0n) is 9.08. The van der Waals surface area contributed by atoms with Crippen molar-refractivity contribution < 1.29 is 19.5 Å². The van der Waals surface area contributed by atoms with Crippen molar-refractivity contribution >= 4 is 18.0 Å². The molecule has 0 saturated carbocycles. The van der Waals surface area contributed by atoms with Crippen molar-refractivity contribution in [2.24, 2.45) is 0 Å². The van der Waals surface area contributed by atoms with E-state index >= 15 is 0 Å². The quantitative estimate of drug-likeness (QED) is 0.396. The zero-order valence-corrected chi connectivity index (χ0v) is 9.08. The Morgan fingerprint density at radius 2 is 1.73 bits per heavy atom. The number of aldehydes is 1. The molecule has 0 aromatic heterocycles. The Labute approximate surface area is 89.0 Å². The van der Waals surface area contributed by atoms with E-state index in [1.165, 1.54) is 13.8 Å². The van der Waals surface area contributed by atoms with Crippen molar-refractivity contribution in [1.29, 1.82) is 0 Å². The second-order valence-electron chi connectivity index (χ2n) is 3.39. The number of hydrogen-bond acceptors (Lipinski definition) is 3. The molecule has 0 aliphatic heterocycles. The topological polar surface area (TPSA) is 71.4 Å². The summed E-state index contributed by atoms with van der Waals surface area (Å²) in [5.74, 6) is -1.21. The molecule has 0 aromatic carbocycles. The number of ketones is 1. The van der Waals surface area contributed by atoms with Crippen LogP contribution in [-0.4, -0.2) is 23.1 Å². The predicted octanol–water partition coefficient (Wildman–Crippen LogP) is 1.74. The van der Waals surface area contributed by atoms with Gasteiger partial charge in [-0.2, -0.15) is 0 Å². The van der Waals surface area contributed by atoms with Crippen LogP contribution >= 0.6 is 0 Å². The van der Waals surface area contributed by atoms with E-state index in [9.17, 15) is 14.4 Å². The number of carboxylic acids is 1. The lowest BCUT2D eigenvalue weighted by Gasteiger charge is -2.02. The van der Waals surface area contributed by atoms with Gasteiger partial charge >= 0.3 is 5.97 Å². The van der Waals surface area contributed by atoms with Gasteiger partial charge in [0.05, 0.1) is 0 Å². The molecule has 0 radical (unpaired) electrons. The normalized spacial score (nSPS) is 11.9. The Morgan fingerprint density at radius 1 is 1.13 bits per heavy atom. The number of Topliss-reactive ketones (excluding diaryl/α,β-unsaturated/α-hetero) is 1. The Balaban J connectivity index is 4.16. The number of unbranched alkanes of at least 4 members (excludes halogenated alkanes) is 2. The van der Waals surface area contributed by atoms with E-state index in [2.05, 4.69) is 0 Å². The van der Waals surface area contributed by atoms with Crippen LogP contribution in [0.25, 0.3) is 0 Å². The number of carbonyl (C=O) groups is 3. The first kappa shape index (κ1) is 13.5. The fourth-order valence-electron chi connectivity index (χ4n) is 1.07. The standard InChI is InChI=1S/C11H16O4/c1-8(9(2)11(14)15)10(13)6-4-3-5-7-12/h7H,3-6H2,1-2H3,(H,14,15). The number of carbonyl (C=O) groups excluding carboxylic acids is 2. The third-order valence-corrected chi connectivity index (χ3v) is 2.28. The highest BCUT2D eigenvalue weighted by molar-refractivity contribution is 6.02. The van der Waals surface area contributed by atoms with Gasteiger partial charge in [0.15, 0.2) is 5.78 Å². The Hall–Kier alpha value is -1.45. The summed E-state index contributed by atoms with van der Waals surface area (Å²) in [4.78, 5) is 32.0. The van der Waals surface area contributed by atoms with Crippen molar-refractivity contribution in [3.05, 3.63) is 11.1 Å². The van der Waals surface area contributed by atoms with E-state index in [4.69, 9.17) is 5.11 Å². The number of hydrogen-bond donors (Lipinski definition) is 1. The van der Waals surface area contributed by atoms with Crippen molar-refractivity contribution in [1.82, 2.24) is 0 Å². The number of rotatable bonds is 7. The van der Waals surface area contributed by atoms with Crippen molar-refractivity contribution in [2.45, 2.75) is 39.5 Å². The molecule has 0 fully saturated rings. The highest BCUT2D eigenvalue weighted by Crippen LogP contribution is 2.10. The molecule has 0 unspecified atom stereocenters. The molecule has 0 aliphatic rings. The predicted molar refractivity (Wildman–Crippen MR) is 55.5 cm³/mol. The molecule has 0 atom stereocenters. The maximum absolute atomic E-state index is 11.4. The van der Waals surface area contributed by atoms with E-state index < -0.39 is 5.97 Å². The average molecular weight is 212 g/mol. The Morgan fingerprint density at radius 3 is 2.20 bits per heavy atom. The summed E-state index contributed by atoms with van der Waals surface area (Å²) in [6, 6.07) is 0. The molecule has 0 rings (SSSR count). The fourth-order valence-corrected chi connectivity index (χ4v) is 1.07. The van der Waals surface area contributed by atoms with Gasteiger partial charge in [-0.25, -0.2) is 4.79 Å². The van der Waals surface area contributed by atoms with Gasteiger partial charge in [0.1, 0.15) is 6.29 Å². The SMILES string of the molecule is CC(C(=O)O)=C(C)C(=O)CCCCC=O. The lowest BCUT2D eigenvalue weighted by Crippen LogP contribution is -2.07. The van der Waals surface area contributed by atoms with Gasteiger partial charge in [0.2, 0.25) is 0 Å². The van der Waals surface area contributed by atoms with Gasteiger partial charge in [-0.05, 0) is 26.7 Å². The smallest absolute Gasteiger partial charge is 0.331 e. The third kappa shape index (κ3) is 5.10. The van der Waals surface area contributed by atoms with Gasteiger partial charge in [0, 0.05) is 24.0 Å². The molecule has 0 aliphatic carbocycles. The zero-order chi connectivity index (χ0) is 11.8. The van der Waals surface area contributed by atoms with Crippen molar-refractivity contribution in [3.63, 3.8) is 0 Å². The molecule has 0 heterocycles. The molecule has 84 valence electrons. The Bertz CT molecular complexity index is 289. The summed E-state index contributed by atoms with van der Waals surface area (Å²) in [5, 5.41) is 8.65. The lowest BCUT2D eigenvalue weighted by molar-refractivity contribution is -0.133. The number of aliphatic carboxylic acids is 1. The molecule has 0 amide bonds. The van der Waals surface area contributed by atoms with Gasteiger partial charge in [0.25, 0.3) is 0 Å². The summed E-state index contributed by atoms with van der Waals surface area (Å²) >= 11 is 0. The highest BCUT2D eigenvalue weighted by Gasteiger charge is 2.11. The second-order valence-corrected chi connectivity index (χ2v) is 3.39. The molecule has 15 heavy (non-hydrogen) atoms. The first-order valence-corrected chi connectivity index (χ1v) is 4.88. The summed E-state index contributed by atoms with van der Waals surface area (Å²) in [6.45, 7) is 2.94. The molecule has 4 heteroatoms. The van der Waals surface area contributed by atoms with Crippen LogP contribution in [0.5, 0.6) is 0 Å². The van der Waals surface area contributed by atoms with Gasteiger partial charge < -0.3 is 9.90 Å². The minimum absolute atomic E-state index is 0.0930. The van der Waals surface area contributed by atoms with E-state index in [0.29, 0.717) is 31.3 Å². The maximum atomic E-state index is 11.4. The molecule has 0 bridgehead atoms. The van der Waals surface area contributed by atoms with E-state index in [-0.39, 0.29) is 11.4 Å². The van der Waals surface area contributed by atoms with Crippen LogP contribution in [0.1, 0.15) is 39.5 Å². The van der Waals surface area contributed by atoms with E-state index in [1.807, 2.05) is 0 Å². The second kappa shape index (κ2) is 6.92. The summed E-state index contributed by atoms with van der Waals surface area (Å²) in [6.07, 6.45) is 2.88. The largest absolute Gasteiger partial charge is 0.478 e. The molecule has 0 spiro atoms. The first-order valence-electron chi connectivity index (χ1n) is 4.88. The molecular weight excluding hydrogens is 196 g/mol. The van der Waals surface area contributed by atoms with Crippen LogP contribution in [-0.2, 0) is 14.4 Å². The van der Waals surface area contributed by atoms with Crippen molar-refractivity contribution in [3.8, 4) is 0 Å². The summed E-state index contributed by atoms with van der Waals surface area (Å²) in [7, 11) is 0. The highest BCUT2D eigenvalue weighted by atomic mass is 16.4. The summed E-state index contributed by atoms with van der Waals surface area (Å²) in [5.41, 5.74) is 0.393. The summed E-state index contributed by atoms with van der Waals surface area (Å²) < 4.78 is 0. The van der Waals surface area contributed by atoms with Crippen LogP contribution in [0.2, 0.25) is 0 Å². The average Bonchev–Trinajstić information content (AvgIpc) is 2.21. The van der Waals surface area contributed by atoms with Crippen LogP contribution in [0, 0.1) is 0 Å². The van der Waals surface area contributed by atoms with Crippen LogP contribution in [0.3, 0.4) is 0 Å². The number of carboxylic acid groups (broad SMARTS) is 1. The first-order chi connectivity index (χ1) is 7.00. The third-order valence-electron chi connectivity index (χ3n) is 2.28. The van der Waals surface area contributed by atoms with Crippen LogP contribution < -0.4 is 0 Å². The van der Waals surface area contributed by atoms with Gasteiger partial charge in [-0.15, -0.1) is 0 Å². The maximum Gasteiger partial charge on any atom is 0.331 e. The van der Waals surface area contributed by atoms with Gasteiger partial charge in [-0.1, -0.05) is 0 Å².